The number of nitrogens with zero attached hydrogens (tertiary/aromatic N) is 4. The van der Waals surface area contributed by atoms with E-state index in [1.165, 1.54) is 0 Å². The van der Waals surface area contributed by atoms with Crippen molar-refractivity contribution in [1.29, 1.82) is 5.26 Å². The van der Waals surface area contributed by atoms with E-state index in [4.69, 9.17) is 22.6 Å². The van der Waals surface area contributed by atoms with E-state index in [2.05, 4.69) is 15.4 Å². The Balaban J connectivity index is 1.72. The fourth-order valence-electron chi connectivity index (χ4n) is 2.79. The minimum atomic E-state index is -4.05. The number of nitrogens with two attached hydrogens (primary N) is 1. The van der Waals surface area contributed by atoms with Crippen LogP contribution >= 0.6 is 22.9 Å². The number of anilines is 3. The molecule has 0 bridgehead atoms. The zero-order chi connectivity index (χ0) is 20.8. The van der Waals surface area contributed by atoms with E-state index in [9.17, 15) is 8.42 Å². The van der Waals surface area contributed by atoms with Gasteiger partial charge in [0.1, 0.15) is 4.21 Å². The van der Waals surface area contributed by atoms with E-state index < -0.39 is 10.0 Å². The lowest BCUT2D eigenvalue weighted by Gasteiger charge is -2.04. The molecule has 0 radical (unpaired) electrons. The monoisotopic (exact) mass is 444 g/mol. The van der Waals surface area contributed by atoms with Crippen molar-refractivity contribution in [2.24, 2.45) is 0 Å². The van der Waals surface area contributed by atoms with E-state index >= 15 is 0 Å². The summed E-state index contributed by atoms with van der Waals surface area (Å²) in [6.45, 7) is 1.71. The van der Waals surface area contributed by atoms with Gasteiger partial charge in [0.15, 0.2) is 0 Å². The molecular weight excluding hydrogens is 432 g/mol. The van der Waals surface area contributed by atoms with Gasteiger partial charge < -0.3 is 11.1 Å². The molecule has 0 aliphatic rings. The average Bonchev–Trinajstić information content (AvgIpc) is 3.23. The molecule has 29 heavy (non-hydrogen) atoms. The van der Waals surface area contributed by atoms with Crippen LogP contribution in [0.3, 0.4) is 0 Å². The van der Waals surface area contributed by atoms with Crippen LogP contribution in [0.4, 0.5) is 17.6 Å². The van der Waals surface area contributed by atoms with Gasteiger partial charge in [0.2, 0.25) is 11.9 Å². The van der Waals surface area contributed by atoms with Gasteiger partial charge in [-0.25, -0.2) is 0 Å². The van der Waals surface area contributed by atoms with Gasteiger partial charge in [0.05, 0.1) is 11.6 Å². The van der Waals surface area contributed by atoms with Gasteiger partial charge in [-0.3, -0.25) is 0 Å². The van der Waals surface area contributed by atoms with Crippen molar-refractivity contribution in [3.8, 4) is 6.07 Å². The molecule has 0 saturated carbocycles. The number of benzene rings is 2. The molecule has 4 aromatic rings. The molecule has 0 spiro atoms. The van der Waals surface area contributed by atoms with Crippen LogP contribution in [0.15, 0.2) is 46.7 Å². The van der Waals surface area contributed by atoms with Gasteiger partial charge in [-0.15, -0.1) is 20.5 Å². The summed E-state index contributed by atoms with van der Waals surface area (Å²) >= 11 is 7.16. The first-order chi connectivity index (χ1) is 13.8. The highest BCUT2D eigenvalue weighted by atomic mass is 35.5. The Labute approximate surface area is 175 Å². The van der Waals surface area contributed by atoms with E-state index in [-0.39, 0.29) is 16.1 Å². The largest absolute Gasteiger partial charge is 0.367 e. The minimum Gasteiger partial charge on any atom is -0.367 e. The summed E-state index contributed by atoms with van der Waals surface area (Å²) in [6, 6.07) is 13.8. The predicted octanol–water partition coefficient (Wildman–Crippen LogP) is 3.89. The van der Waals surface area contributed by atoms with Crippen molar-refractivity contribution in [2.75, 3.05) is 11.1 Å². The van der Waals surface area contributed by atoms with E-state index in [0.29, 0.717) is 25.9 Å². The number of nitrogen functional groups attached to an aromatic ring is 1. The third-order valence-corrected chi connectivity index (χ3v) is 7.87. The lowest BCUT2D eigenvalue weighted by atomic mass is 10.2. The van der Waals surface area contributed by atoms with Gasteiger partial charge in [-0.1, -0.05) is 11.6 Å². The third kappa shape index (κ3) is 3.40. The van der Waals surface area contributed by atoms with Crippen molar-refractivity contribution in [3.63, 3.8) is 0 Å². The zero-order valence-electron chi connectivity index (χ0n) is 14.9. The first kappa shape index (κ1) is 19.2. The van der Waals surface area contributed by atoms with Crippen LogP contribution in [0.25, 0.3) is 10.1 Å². The molecule has 0 unspecified atom stereocenters. The fraction of sp³-hybridized carbons (Fsp3) is 0.0556. The van der Waals surface area contributed by atoms with Crippen LogP contribution in [0.1, 0.15) is 11.1 Å². The third-order valence-electron chi connectivity index (χ3n) is 4.19. The summed E-state index contributed by atoms with van der Waals surface area (Å²) in [6.07, 6.45) is 0. The van der Waals surface area contributed by atoms with Crippen molar-refractivity contribution in [3.05, 3.63) is 58.6 Å². The van der Waals surface area contributed by atoms with Crippen molar-refractivity contribution < 1.29 is 8.42 Å². The number of fused-ring (bicyclic) bond motifs is 1. The number of aryl methyl sites for hydroxylation is 1. The topological polar surface area (TPSA) is 127 Å². The van der Waals surface area contributed by atoms with Crippen LogP contribution in [0.2, 0.25) is 5.02 Å². The maximum atomic E-state index is 13.2. The minimum absolute atomic E-state index is 0.0255. The second-order valence-electron chi connectivity index (χ2n) is 6.11. The van der Waals surface area contributed by atoms with Gasteiger partial charge in [0.25, 0.3) is 10.0 Å². The van der Waals surface area contributed by atoms with Crippen LogP contribution in [-0.2, 0) is 10.0 Å². The van der Waals surface area contributed by atoms with Gasteiger partial charge in [0, 0.05) is 15.4 Å². The molecule has 4 rings (SSSR count). The summed E-state index contributed by atoms with van der Waals surface area (Å²) in [7, 11) is -4.05. The van der Waals surface area contributed by atoms with Gasteiger partial charge >= 0.3 is 0 Å². The molecule has 0 aliphatic carbocycles. The van der Waals surface area contributed by atoms with Crippen molar-refractivity contribution in [2.45, 2.75) is 11.1 Å². The molecule has 0 atom stereocenters. The molecule has 11 heteroatoms. The first-order valence-electron chi connectivity index (χ1n) is 8.23. The smallest absolute Gasteiger partial charge is 0.296 e. The van der Waals surface area contributed by atoms with Gasteiger partial charge in [-0.05, 0) is 60.3 Å². The standard InChI is InChI=1S/C18H13ClN6O2S2/c1-10-14-8-12(19)4-7-15(14)28-16(10)29(26,27)25-17(21)23-18(24-25)22-13-5-2-11(9-20)3-6-13/h2-8H,1H3,(H3,21,22,23,24). The molecule has 0 fully saturated rings. The summed E-state index contributed by atoms with van der Waals surface area (Å²) in [4.78, 5) is 4.00. The maximum absolute atomic E-state index is 13.2. The molecular formula is C18H13ClN6O2S2. The Kier molecular flexibility index (Phi) is 4.66. The Bertz CT molecular complexity index is 1380. The normalized spacial score (nSPS) is 11.5. The summed E-state index contributed by atoms with van der Waals surface area (Å²) in [5.41, 5.74) is 7.50. The van der Waals surface area contributed by atoms with Crippen LogP contribution < -0.4 is 11.1 Å². The zero-order valence-corrected chi connectivity index (χ0v) is 17.3. The quantitative estimate of drug-likeness (QED) is 0.488. The highest BCUT2D eigenvalue weighted by Gasteiger charge is 2.28. The number of aromatic nitrogens is 3. The highest BCUT2D eigenvalue weighted by Crippen LogP contribution is 2.36. The number of nitrogens with one attached hydrogen (secondary N) is 1. The number of halogens is 1. The van der Waals surface area contributed by atoms with E-state index in [0.717, 1.165) is 21.4 Å². The number of thiophene rings is 1. The fourth-order valence-corrected chi connectivity index (χ4v) is 5.91. The SMILES string of the molecule is Cc1c(S(=O)(=O)n2nc(Nc3ccc(C#N)cc3)nc2N)sc2ccc(Cl)cc12. The maximum Gasteiger partial charge on any atom is 0.296 e. The van der Waals surface area contributed by atoms with Crippen molar-refractivity contribution in [1.82, 2.24) is 14.2 Å². The molecule has 0 amide bonds. The lowest BCUT2D eigenvalue weighted by Crippen LogP contribution is -2.17. The second kappa shape index (κ2) is 7.04. The number of hydrogen-bond acceptors (Lipinski definition) is 8. The molecule has 8 nitrogen and oxygen atoms in total. The number of hydrogen-bond donors (Lipinski definition) is 2. The summed E-state index contributed by atoms with van der Waals surface area (Å²) in [5.74, 6) is -0.242. The summed E-state index contributed by atoms with van der Waals surface area (Å²) in [5, 5.41) is 17.0. The van der Waals surface area contributed by atoms with E-state index in [1.54, 1.807) is 49.4 Å². The molecule has 2 aromatic heterocycles. The second-order valence-corrected chi connectivity index (χ2v) is 9.56. The Morgan fingerprint density at radius 1 is 1.24 bits per heavy atom. The number of rotatable bonds is 4. The summed E-state index contributed by atoms with van der Waals surface area (Å²) < 4.78 is 28.0. The highest BCUT2D eigenvalue weighted by molar-refractivity contribution is 7.92. The van der Waals surface area contributed by atoms with Gasteiger partial charge in [-0.2, -0.15) is 18.7 Å². The van der Waals surface area contributed by atoms with Crippen molar-refractivity contribution >= 4 is 60.6 Å². The Hall–Kier alpha value is -3.13. The molecule has 0 aliphatic heterocycles. The molecule has 2 heterocycles. The first-order valence-corrected chi connectivity index (χ1v) is 10.9. The van der Waals surface area contributed by atoms with Crippen LogP contribution in [0, 0.1) is 18.3 Å². The molecule has 2 aromatic carbocycles. The lowest BCUT2D eigenvalue weighted by molar-refractivity contribution is 0.583. The molecule has 0 saturated heterocycles. The Morgan fingerprint density at radius 2 is 1.97 bits per heavy atom. The predicted molar refractivity (Wildman–Crippen MR) is 113 cm³/mol. The van der Waals surface area contributed by atoms with Crippen LogP contribution in [-0.4, -0.2) is 22.6 Å². The Morgan fingerprint density at radius 3 is 2.66 bits per heavy atom. The number of nitriles is 1. The van der Waals surface area contributed by atoms with E-state index in [1.807, 2.05) is 6.07 Å². The molecule has 146 valence electrons. The average molecular weight is 445 g/mol. The van der Waals surface area contributed by atoms with Crippen LogP contribution in [0.5, 0.6) is 0 Å². The molecule has 3 N–H and O–H groups in total.